The van der Waals surface area contributed by atoms with Gasteiger partial charge in [0.1, 0.15) is 0 Å². The molecule has 0 bridgehead atoms. The fourth-order valence-electron chi connectivity index (χ4n) is 1.88. The molecule has 1 saturated heterocycles. The summed E-state index contributed by atoms with van der Waals surface area (Å²) in [6.45, 7) is 2.18. The van der Waals surface area contributed by atoms with Crippen molar-refractivity contribution in [2.75, 3.05) is 13.2 Å². The summed E-state index contributed by atoms with van der Waals surface area (Å²) in [7, 11) is 0. The van der Waals surface area contributed by atoms with Gasteiger partial charge >= 0.3 is 0 Å². The molecule has 0 radical (unpaired) electrons. The minimum Gasteiger partial charge on any atom is -0.376 e. The lowest BCUT2D eigenvalue weighted by Gasteiger charge is -2.11. The van der Waals surface area contributed by atoms with Crippen molar-refractivity contribution < 1.29 is 4.74 Å². The predicted octanol–water partition coefficient (Wildman–Crippen LogP) is 2.03. The third-order valence-electron chi connectivity index (χ3n) is 2.91. The van der Waals surface area contributed by atoms with Crippen LogP contribution < -0.4 is 11.1 Å². The van der Waals surface area contributed by atoms with Gasteiger partial charge in [-0.3, -0.25) is 0 Å². The Balaban J connectivity index is 1.79. The maximum atomic E-state index is 5.82. The van der Waals surface area contributed by atoms with E-state index in [1.54, 1.807) is 0 Å². The van der Waals surface area contributed by atoms with Crippen molar-refractivity contribution in [3.63, 3.8) is 0 Å². The lowest BCUT2D eigenvalue weighted by molar-refractivity contribution is 0.114. The summed E-state index contributed by atoms with van der Waals surface area (Å²) >= 11 is 3.49. The molecule has 0 aromatic heterocycles. The van der Waals surface area contributed by atoms with Crippen molar-refractivity contribution in [2.45, 2.75) is 25.5 Å². The van der Waals surface area contributed by atoms with Crippen LogP contribution in [0.25, 0.3) is 0 Å². The monoisotopic (exact) mass is 311 g/mol. The van der Waals surface area contributed by atoms with Crippen LogP contribution in [0.3, 0.4) is 0 Å². The number of guanidine groups is 1. The highest BCUT2D eigenvalue weighted by molar-refractivity contribution is 9.10. The molecule has 1 aromatic carbocycles. The van der Waals surface area contributed by atoms with Crippen LogP contribution >= 0.6 is 15.9 Å². The summed E-state index contributed by atoms with van der Waals surface area (Å²) in [5.74, 6) is 0.473. The van der Waals surface area contributed by atoms with Crippen LogP contribution in [-0.2, 0) is 11.3 Å². The molecule has 1 aliphatic heterocycles. The Labute approximate surface area is 116 Å². The number of hydrogen-bond acceptors (Lipinski definition) is 2. The summed E-state index contributed by atoms with van der Waals surface area (Å²) in [6, 6.07) is 8.00. The van der Waals surface area contributed by atoms with Crippen LogP contribution in [0.2, 0.25) is 0 Å². The summed E-state index contributed by atoms with van der Waals surface area (Å²) in [5.41, 5.74) is 6.94. The zero-order chi connectivity index (χ0) is 12.8. The van der Waals surface area contributed by atoms with Crippen LogP contribution in [0.15, 0.2) is 33.7 Å². The number of aliphatic imine (C=N–C) groups is 1. The molecule has 0 aliphatic carbocycles. The number of nitrogens with two attached hydrogens (primary N) is 1. The maximum Gasteiger partial charge on any atom is 0.189 e. The highest BCUT2D eigenvalue weighted by Crippen LogP contribution is 2.16. The normalized spacial score (nSPS) is 20.1. The first-order valence-corrected chi connectivity index (χ1v) is 6.94. The van der Waals surface area contributed by atoms with Crippen LogP contribution in [0, 0.1) is 0 Å². The van der Waals surface area contributed by atoms with Gasteiger partial charge in [-0.05, 0) is 24.5 Å². The summed E-state index contributed by atoms with van der Waals surface area (Å²) in [4.78, 5) is 4.31. The van der Waals surface area contributed by atoms with E-state index in [-0.39, 0.29) is 6.10 Å². The highest BCUT2D eigenvalue weighted by atomic mass is 79.9. The van der Waals surface area contributed by atoms with E-state index in [9.17, 15) is 0 Å². The van der Waals surface area contributed by atoms with E-state index < -0.39 is 0 Å². The number of rotatable bonds is 4. The predicted molar refractivity (Wildman–Crippen MR) is 76.4 cm³/mol. The fraction of sp³-hybridized carbons (Fsp3) is 0.462. The SMILES string of the molecule is NC(=NCc1ccccc1Br)NCC1CCCO1. The molecule has 18 heavy (non-hydrogen) atoms. The number of hydrogen-bond donors (Lipinski definition) is 2. The Kier molecular flexibility index (Phi) is 5.01. The maximum absolute atomic E-state index is 5.82. The van der Waals surface area contributed by atoms with Crippen LogP contribution in [0.1, 0.15) is 18.4 Å². The Morgan fingerprint density at radius 2 is 2.33 bits per heavy atom. The molecule has 1 aromatic rings. The van der Waals surface area contributed by atoms with Gasteiger partial charge in [0, 0.05) is 17.6 Å². The van der Waals surface area contributed by atoms with Crippen molar-refractivity contribution in [1.82, 2.24) is 5.32 Å². The Morgan fingerprint density at radius 3 is 3.06 bits per heavy atom. The number of ether oxygens (including phenoxy) is 1. The van der Waals surface area contributed by atoms with Gasteiger partial charge < -0.3 is 15.8 Å². The second-order valence-electron chi connectivity index (χ2n) is 4.31. The van der Waals surface area contributed by atoms with E-state index in [2.05, 4.69) is 26.2 Å². The van der Waals surface area contributed by atoms with Gasteiger partial charge in [0.15, 0.2) is 5.96 Å². The number of halogens is 1. The first-order chi connectivity index (χ1) is 8.75. The fourth-order valence-corrected chi connectivity index (χ4v) is 2.29. The molecule has 98 valence electrons. The lowest BCUT2D eigenvalue weighted by atomic mass is 10.2. The molecule has 0 saturated carbocycles. The Bertz CT molecular complexity index is 416. The zero-order valence-electron chi connectivity index (χ0n) is 10.2. The van der Waals surface area contributed by atoms with Gasteiger partial charge in [0.05, 0.1) is 12.6 Å². The standard InChI is InChI=1S/C13H18BrN3O/c14-12-6-2-1-4-10(12)8-16-13(15)17-9-11-5-3-7-18-11/h1-2,4,6,11H,3,5,7-9H2,(H3,15,16,17). The Morgan fingerprint density at radius 1 is 1.50 bits per heavy atom. The number of nitrogens with zero attached hydrogens (tertiary/aromatic N) is 1. The summed E-state index contributed by atoms with van der Waals surface area (Å²) in [6.07, 6.45) is 2.52. The smallest absolute Gasteiger partial charge is 0.189 e. The topological polar surface area (TPSA) is 59.6 Å². The summed E-state index contributed by atoms with van der Waals surface area (Å²) < 4.78 is 6.56. The zero-order valence-corrected chi connectivity index (χ0v) is 11.8. The van der Waals surface area contributed by atoms with Gasteiger partial charge in [0.25, 0.3) is 0 Å². The van der Waals surface area contributed by atoms with Gasteiger partial charge in [-0.25, -0.2) is 4.99 Å². The molecule has 1 aliphatic rings. The molecule has 0 spiro atoms. The van der Waals surface area contributed by atoms with Crippen molar-refractivity contribution in [2.24, 2.45) is 10.7 Å². The molecular formula is C13H18BrN3O. The van der Waals surface area contributed by atoms with E-state index in [0.29, 0.717) is 12.5 Å². The van der Waals surface area contributed by atoms with Crippen LogP contribution in [0.5, 0.6) is 0 Å². The average Bonchev–Trinajstić information content (AvgIpc) is 2.88. The quantitative estimate of drug-likeness (QED) is 0.661. The molecule has 3 N–H and O–H groups in total. The minimum absolute atomic E-state index is 0.280. The van der Waals surface area contributed by atoms with Crippen LogP contribution in [0.4, 0.5) is 0 Å². The third kappa shape index (κ3) is 3.99. The molecule has 4 nitrogen and oxygen atoms in total. The van der Waals surface area contributed by atoms with Crippen molar-refractivity contribution in [3.8, 4) is 0 Å². The molecule has 1 atom stereocenters. The molecule has 1 heterocycles. The first kappa shape index (κ1) is 13.4. The van der Waals surface area contributed by atoms with Gasteiger partial charge in [-0.2, -0.15) is 0 Å². The summed E-state index contributed by atoms with van der Waals surface area (Å²) in [5, 5.41) is 3.10. The largest absolute Gasteiger partial charge is 0.376 e. The van der Waals surface area contributed by atoms with Gasteiger partial charge in [-0.15, -0.1) is 0 Å². The van der Waals surface area contributed by atoms with E-state index in [0.717, 1.165) is 36.0 Å². The molecular weight excluding hydrogens is 294 g/mol. The van der Waals surface area contributed by atoms with E-state index in [1.807, 2.05) is 24.3 Å². The van der Waals surface area contributed by atoms with Gasteiger partial charge in [-0.1, -0.05) is 34.1 Å². The van der Waals surface area contributed by atoms with E-state index in [4.69, 9.17) is 10.5 Å². The first-order valence-electron chi connectivity index (χ1n) is 6.14. The average molecular weight is 312 g/mol. The van der Waals surface area contributed by atoms with Gasteiger partial charge in [0.2, 0.25) is 0 Å². The van der Waals surface area contributed by atoms with Crippen LogP contribution in [-0.4, -0.2) is 25.2 Å². The highest BCUT2D eigenvalue weighted by Gasteiger charge is 2.14. The Hall–Kier alpha value is -1.07. The lowest BCUT2D eigenvalue weighted by Crippen LogP contribution is -2.37. The second kappa shape index (κ2) is 6.75. The molecule has 1 fully saturated rings. The van der Waals surface area contributed by atoms with Crippen molar-refractivity contribution in [1.29, 1.82) is 0 Å². The molecule has 0 amide bonds. The number of benzene rings is 1. The molecule has 5 heteroatoms. The second-order valence-corrected chi connectivity index (χ2v) is 5.16. The molecule has 1 unspecified atom stereocenters. The minimum atomic E-state index is 0.280. The van der Waals surface area contributed by atoms with Crippen molar-refractivity contribution in [3.05, 3.63) is 34.3 Å². The van der Waals surface area contributed by atoms with E-state index in [1.165, 1.54) is 0 Å². The molecule has 2 rings (SSSR count). The van der Waals surface area contributed by atoms with E-state index >= 15 is 0 Å². The number of nitrogens with one attached hydrogen (secondary N) is 1. The third-order valence-corrected chi connectivity index (χ3v) is 3.69. The van der Waals surface area contributed by atoms with Crippen molar-refractivity contribution >= 4 is 21.9 Å².